The van der Waals surface area contributed by atoms with Crippen LogP contribution in [0.5, 0.6) is 0 Å². The normalized spacial score (nSPS) is 11.4. The molecule has 0 atom stereocenters. The number of aliphatic hydroxyl groups is 1. The van der Waals surface area contributed by atoms with Crippen LogP contribution in [-0.4, -0.2) is 32.9 Å². The van der Waals surface area contributed by atoms with Crippen LogP contribution in [0.4, 0.5) is 5.69 Å². The molecule has 0 aliphatic carbocycles. The SMILES string of the molecule is CS(=O)(=O)c1ccc(NCCCCCO)cc1. The molecule has 0 saturated carbocycles. The molecule has 1 rings (SSSR count). The first kappa shape index (κ1) is 14.0. The van der Waals surface area contributed by atoms with E-state index in [4.69, 9.17) is 5.11 Å². The van der Waals surface area contributed by atoms with Crippen molar-refractivity contribution >= 4 is 15.5 Å². The Labute approximate surface area is 103 Å². The average Bonchev–Trinajstić information content (AvgIpc) is 2.28. The fraction of sp³-hybridized carbons (Fsp3) is 0.500. The summed E-state index contributed by atoms with van der Waals surface area (Å²) in [6.45, 7) is 1.07. The minimum absolute atomic E-state index is 0.239. The molecule has 0 aliphatic rings. The Morgan fingerprint density at radius 2 is 1.76 bits per heavy atom. The first-order valence-corrected chi connectivity index (χ1v) is 7.58. The smallest absolute Gasteiger partial charge is 0.175 e. The van der Waals surface area contributed by atoms with Gasteiger partial charge in [-0.25, -0.2) is 8.42 Å². The topological polar surface area (TPSA) is 66.4 Å². The van der Waals surface area contributed by atoms with Gasteiger partial charge in [0.2, 0.25) is 0 Å². The maximum Gasteiger partial charge on any atom is 0.175 e. The highest BCUT2D eigenvalue weighted by Crippen LogP contribution is 2.13. The first-order chi connectivity index (χ1) is 8.04. The first-order valence-electron chi connectivity index (χ1n) is 5.69. The predicted octanol–water partition coefficient (Wildman–Crippen LogP) is 1.66. The second-order valence-electron chi connectivity index (χ2n) is 4.01. The van der Waals surface area contributed by atoms with Crippen molar-refractivity contribution in [3.05, 3.63) is 24.3 Å². The summed E-state index contributed by atoms with van der Waals surface area (Å²) in [6, 6.07) is 6.74. The minimum atomic E-state index is -3.11. The summed E-state index contributed by atoms with van der Waals surface area (Å²) >= 11 is 0. The molecule has 0 aromatic heterocycles. The van der Waals surface area contributed by atoms with Crippen molar-refractivity contribution in [2.24, 2.45) is 0 Å². The van der Waals surface area contributed by atoms with Gasteiger partial charge in [0.1, 0.15) is 0 Å². The maximum absolute atomic E-state index is 11.2. The van der Waals surface area contributed by atoms with E-state index in [-0.39, 0.29) is 6.61 Å². The molecule has 0 spiro atoms. The van der Waals surface area contributed by atoms with E-state index < -0.39 is 9.84 Å². The molecule has 0 radical (unpaired) electrons. The number of nitrogens with one attached hydrogen (secondary N) is 1. The fourth-order valence-corrected chi connectivity index (χ4v) is 2.10. The van der Waals surface area contributed by atoms with Gasteiger partial charge in [-0.3, -0.25) is 0 Å². The summed E-state index contributed by atoms with van der Waals surface area (Å²) in [6.07, 6.45) is 4.01. The van der Waals surface area contributed by atoms with Crippen LogP contribution in [0.3, 0.4) is 0 Å². The van der Waals surface area contributed by atoms with Crippen LogP contribution in [0.15, 0.2) is 29.2 Å². The zero-order chi connectivity index (χ0) is 12.7. The van der Waals surface area contributed by atoms with E-state index in [0.717, 1.165) is 31.5 Å². The Kier molecular flexibility index (Phi) is 5.44. The molecule has 1 aromatic rings. The largest absolute Gasteiger partial charge is 0.396 e. The van der Waals surface area contributed by atoms with E-state index in [1.807, 2.05) is 0 Å². The third-order valence-electron chi connectivity index (χ3n) is 2.45. The quantitative estimate of drug-likeness (QED) is 0.729. The van der Waals surface area contributed by atoms with Crippen molar-refractivity contribution in [2.75, 3.05) is 24.7 Å². The lowest BCUT2D eigenvalue weighted by atomic mass is 10.2. The fourth-order valence-electron chi connectivity index (χ4n) is 1.47. The van der Waals surface area contributed by atoms with Crippen LogP contribution >= 0.6 is 0 Å². The summed E-state index contributed by atoms with van der Waals surface area (Å²) < 4.78 is 22.5. The van der Waals surface area contributed by atoms with Gasteiger partial charge >= 0.3 is 0 Å². The molecular formula is C12H19NO3S. The molecule has 5 heteroatoms. The number of rotatable bonds is 7. The van der Waals surface area contributed by atoms with Crippen LogP contribution < -0.4 is 5.32 Å². The van der Waals surface area contributed by atoms with Crippen LogP contribution in [-0.2, 0) is 9.84 Å². The number of unbranched alkanes of at least 4 members (excludes halogenated alkanes) is 2. The number of anilines is 1. The molecule has 0 bridgehead atoms. The van der Waals surface area contributed by atoms with E-state index in [1.165, 1.54) is 6.26 Å². The lowest BCUT2D eigenvalue weighted by Gasteiger charge is -2.06. The second-order valence-corrected chi connectivity index (χ2v) is 6.02. The summed E-state index contributed by atoms with van der Waals surface area (Å²) in [4.78, 5) is 0.336. The third-order valence-corrected chi connectivity index (χ3v) is 3.57. The molecule has 0 amide bonds. The number of hydrogen-bond donors (Lipinski definition) is 2. The van der Waals surface area contributed by atoms with Gasteiger partial charge in [0.15, 0.2) is 9.84 Å². The molecule has 0 unspecified atom stereocenters. The summed E-state index contributed by atoms with van der Waals surface area (Å²) in [5.41, 5.74) is 0.918. The molecule has 1 aromatic carbocycles. The number of benzene rings is 1. The summed E-state index contributed by atoms with van der Waals surface area (Å²) in [5.74, 6) is 0. The van der Waals surface area contributed by atoms with Crippen molar-refractivity contribution in [3.63, 3.8) is 0 Å². The van der Waals surface area contributed by atoms with Gasteiger partial charge in [0, 0.05) is 25.1 Å². The van der Waals surface area contributed by atoms with E-state index >= 15 is 0 Å². The maximum atomic E-state index is 11.2. The Morgan fingerprint density at radius 1 is 1.12 bits per heavy atom. The van der Waals surface area contributed by atoms with E-state index in [0.29, 0.717) is 4.90 Å². The van der Waals surface area contributed by atoms with Crippen LogP contribution in [0.25, 0.3) is 0 Å². The van der Waals surface area contributed by atoms with Crippen molar-refractivity contribution in [3.8, 4) is 0 Å². The molecule has 0 heterocycles. The van der Waals surface area contributed by atoms with Gasteiger partial charge in [-0.15, -0.1) is 0 Å². The molecule has 17 heavy (non-hydrogen) atoms. The highest BCUT2D eigenvalue weighted by molar-refractivity contribution is 7.90. The van der Waals surface area contributed by atoms with E-state index in [9.17, 15) is 8.42 Å². The second kappa shape index (κ2) is 6.61. The van der Waals surface area contributed by atoms with Gasteiger partial charge in [-0.05, 0) is 43.5 Å². The van der Waals surface area contributed by atoms with Crippen molar-refractivity contribution in [1.82, 2.24) is 0 Å². The number of aliphatic hydroxyl groups excluding tert-OH is 1. The van der Waals surface area contributed by atoms with Gasteiger partial charge in [0.05, 0.1) is 4.90 Å². The lowest BCUT2D eigenvalue weighted by Crippen LogP contribution is -2.02. The Balaban J connectivity index is 2.41. The molecule has 96 valence electrons. The van der Waals surface area contributed by atoms with Crippen molar-refractivity contribution in [1.29, 1.82) is 0 Å². The summed E-state index contributed by atoms with van der Waals surface area (Å²) in [5, 5.41) is 11.8. The van der Waals surface area contributed by atoms with Gasteiger partial charge in [-0.2, -0.15) is 0 Å². The molecule has 0 saturated heterocycles. The van der Waals surface area contributed by atoms with E-state index in [1.54, 1.807) is 24.3 Å². The molecular weight excluding hydrogens is 238 g/mol. The molecule has 4 nitrogen and oxygen atoms in total. The molecule has 0 aliphatic heterocycles. The molecule has 0 fully saturated rings. The van der Waals surface area contributed by atoms with Crippen molar-refractivity contribution < 1.29 is 13.5 Å². The Hall–Kier alpha value is -1.07. The van der Waals surface area contributed by atoms with Gasteiger partial charge in [-0.1, -0.05) is 0 Å². The Bertz CT molecular complexity index is 426. The van der Waals surface area contributed by atoms with Gasteiger partial charge < -0.3 is 10.4 Å². The minimum Gasteiger partial charge on any atom is -0.396 e. The summed E-state index contributed by atoms with van der Waals surface area (Å²) in [7, 11) is -3.11. The highest BCUT2D eigenvalue weighted by atomic mass is 32.2. The van der Waals surface area contributed by atoms with Gasteiger partial charge in [0.25, 0.3) is 0 Å². The third kappa shape index (κ3) is 5.19. The predicted molar refractivity (Wildman–Crippen MR) is 69.0 cm³/mol. The molecule has 2 N–H and O–H groups in total. The lowest BCUT2D eigenvalue weighted by molar-refractivity contribution is 0.283. The van der Waals surface area contributed by atoms with E-state index in [2.05, 4.69) is 5.32 Å². The zero-order valence-corrected chi connectivity index (χ0v) is 10.8. The van der Waals surface area contributed by atoms with Crippen LogP contribution in [0, 0.1) is 0 Å². The Morgan fingerprint density at radius 3 is 2.29 bits per heavy atom. The highest BCUT2D eigenvalue weighted by Gasteiger charge is 2.05. The van der Waals surface area contributed by atoms with Crippen LogP contribution in [0.2, 0.25) is 0 Å². The number of hydrogen-bond acceptors (Lipinski definition) is 4. The monoisotopic (exact) mass is 257 g/mol. The number of sulfone groups is 1. The van der Waals surface area contributed by atoms with Crippen LogP contribution in [0.1, 0.15) is 19.3 Å². The standard InChI is InChI=1S/C12H19NO3S/c1-17(15,16)12-7-5-11(6-8-12)13-9-3-2-4-10-14/h5-8,13-14H,2-4,9-10H2,1H3. The average molecular weight is 257 g/mol. The van der Waals surface area contributed by atoms with Crippen molar-refractivity contribution in [2.45, 2.75) is 24.2 Å². The zero-order valence-electron chi connectivity index (χ0n) is 10.0.